The van der Waals surface area contributed by atoms with Crippen LogP contribution < -0.4 is 5.32 Å². The molecule has 1 fully saturated rings. The molecule has 1 aliphatic heterocycles. The molecule has 1 aliphatic carbocycles. The lowest BCUT2D eigenvalue weighted by Gasteiger charge is -2.33. The number of rotatable bonds is 4. The Morgan fingerprint density at radius 3 is 2.79 bits per heavy atom. The van der Waals surface area contributed by atoms with Crippen molar-refractivity contribution in [3.8, 4) is 0 Å². The Kier molecular flexibility index (Phi) is 3.45. The smallest absolute Gasteiger partial charge is 0.245 e. The van der Waals surface area contributed by atoms with Crippen molar-refractivity contribution in [1.82, 2.24) is 4.90 Å². The second kappa shape index (κ2) is 5.24. The minimum Gasteiger partial charge on any atom is -0.373 e. The summed E-state index contributed by atoms with van der Waals surface area (Å²) in [5.74, 6) is 1.01. The van der Waals surface area contributed by atoms with Gasteiger partial charge in [0.25, 0.3) is 0 Å². The fraction of sp³-hybridized carbons (Fsp3) is 0.562. The molecule has 0 saturated heterocycles. The Labute approximate surface area is 115 Å². The zero-order valence-corrected chi connectivity index (χ0v) is 11.6. The van der Waals surface area contributed by atoms with Crippen molar-refractivity contribution in [2.24, 2.45) is 5.92 Å². The van der Waals surface area contributed by atoms with E-state index in [-0.39, 0.29) is 11.9 Å². The van der Waals surface area contributed by atoms with E-state index in [0.29, 0.717) is 0 Å². The lowest BCUT2D eigenvalue weighted by Crippen LogP contribution is -2.45. The van der Waals surface area contributed by atoms with Crippen molar-refractivity contribution in [2.45, 2.75) is 38.6 Å². The number of para-hydroxylation sites is 1. The van der Waals surface area contributed by atoms with E-state index >= 15 is 0 Å². The molecular weight excluding hydrogens is 236 g/mol. The Morgan fingerprint density at radius 1 is 1.37 bits per heavy atom. The number of hydrogen-bond donors (Lipinski definition) is 1. The van der Waals surface area contributed by atoms with Gasteiger partial charge in [0.15, 0.2) is 0 Å². The number of nitrogens with zero attached hydrogens (tertiary/aromatic N) is 1. The summed E-state index contributed by atoms with van der Waals surface area (Å²) < 4.78 is 0. The number of amides is 1. The van der Waals surface area contributed by atoms with Gasteiger partial charge in [-0.1, -0.05) is 24.6 Å². The topological polar surface area (TPSA) is 32.3 Å². The van der Waals surface area contributed by atoms with Crippen LogP contribution in [0.4, 0.5) is 5.69 Å². The summed E-state index contributed by atoms with van der Waals surface area (Å²) in [7, 11) is 0. The van der Waals surface area contributed by atoms with Crippen molar-refractivity contribution >= 4 is 11.6 Å². The predicted molar refractivity (Wildman–Crippen MR) is 77.2 cm³/mol. The predicted octanol–water partition coefficient (Wildman–Crippen LogP) is 2.67. The third-order valence-corrected chi connectivity index (χ3v) is 4.47. The number of anilines is 1. The highest BCUT2D eigenvalue weighted by Crippen LogP contribution is 2.29. The Hall–Kier alpha value is -1.51. The average Bonchev–Trinajstić information content (AvgIpc) is 2.81. The summed E-state index contributed by atoms with van der Waals surface area (Å²) in [5.41, 5.74) is 2.39. The first kappa shape index (κ1) is 12.5. The Morgan fingerprint density at radius 2 is 2.16 bits per heavy atom. The third kappa shape index (κ3) is 2.46. The molecule has 102 valence electrons. The molecule has 1 N–H and O–H groups in total. The molecule has 1 aromatic carbocycles. The van der Waals surface area contributed by atoms with Crippen LogP contribution in [-0.2, 0) is 11.2 Å². The minimum atomic E-state index is -0.0579. The van der Waals surface area contributed by atoms with Crippen LogP contribution in [0.2, 0.25) is 0 Å². The first-order chi connectivity index (χ1) is 9.28. The van der Waals surface area contributed by atoms with Crippen molar-refractivity contribution in [2.75, 3.05) is 18.4 Å². The van der Waals surface area contributed by atoms with Gasteiger partial charge in [0.05, 0.1) is 0 Å². The van der Waals surface area contributed by atoms with Gasteiger partial charge in [-0.25, -0.2) is 0 Å². The average molecular weight is 258 g/mol. The maximum atomic E-state index is 12.6. The summed E-state index contributed by atoms with van der Waals surface area (Å²) in [4.78, 5) is 14.6. The monoisotopic (exact) mass is 258 g/mol. The molecule has 0 bridgehead atoms. The fourth-order valence-corrected chi connectivity index (χ4v) is 3.03. The van der Waals surface area contributed by atoms with E-state index in [0.717, 1.165) is 31.1 Å². The first-order valence-electron chi connectivity index (χ1n) is 7.41. The quantitative estimate of drug-likeness (QED) is 0.900. The Bertz CT molecular complexity index is 443. The first-order valence-corrected chi connectivity index (χ1v) is 7.41. The molecule has 1 atom stereocenters. The number of carbonyl (C=O) groups is 1. The molecular formula is C16H22N2O. The summed E-state index contributed by atoms with van der Waals surface area (Å²) in [6.07, 6.45) is 4.75. The van der Waals surface area contributed by atoms with Crippen molar-refractivity contribution in [3.63, 3.8) is 0 Å². The van der Waals surface area contributed by atoms with Gasteiger partial charge in [0.2, 0.25) is 5.91 Å². The van der Waals surface area contributed by atoms with Crippen LogP contribution in [0.1, 0.15) is 31.7 Å². The molecule has 1 aromatic rings. The molecule has 0 radical (unpaired) electrons. The normalized spacial score (nSPS) is 21.4. The number of nitrogens with one attached hydrogen (secondary N) is 1. The summed E-state index contributed by atoms with van der Waals surface area (Å²) >= 11 is 0. The van der Waals surface area contributed by atoms with Crippen LogP contribution in [0.15, 0.2) is 24.3 Å². The highest BCUT2D eigenvalue weighted by atomic mass is 16.2. The minimum absolute atomic E-state index is 0.0579. The molecule has 3 heteroatoms. The van der Waals surface area contributed by atoms with Crippen molar-refractivity contribution in [1.29, 1.82) is 0 Å². The molecule has 3 rings (SSSR count). The lowest BCUT2D eigenvalue weighted by molar-refractivity contribution is -0.132. The second-order valence-corrected chi connectivity index (χ2v) is 5.73. The van der Waals surface area contributed by atoms with E-state index in [1.54, 1.807) is 0 Å². The van der Waals surface area contributed by atoms with Crippen LogP contribution in [0.25, 0.3) is 0 Å². The van der Waals surface area contributed by atoms with Gasteiger partial charge < -0.3 is 10.2 Å². The van der Waals surface area contributed by atoms with Gasteiger partial charge in [-0.3, -0.25) is 4.79 Å². The van der Waals surface area contributed by atoms with Crippen molar-refractivity contribution < 1.29 is 4.79 Å². The maximum Gasteiger partial charge on any atom is 0.245 e. The number of fused-ring (bicyclic) bond motifs is 1. The summed E-state index contributed by atoms with van der Waals surface area (Å²) in [6, 6.07) is 8.17. The van der Waals surface area contributed by atoms with E-state index < -0.39 is 0 Å². The summed E-state index contributed by atoms with van der Waals surface area (Å²) in [6.45, 7) is 3.85. The zero-order valence-electron chi connectivity index (χ0n) is 11.6. The van der Waals surface area contributed by atoms with E-state index in [1.807, 2.05) is 17.0 Å². The molecule has 1 heterocycles. The van der Waals surface area contributed by atoms with E-state index in [4.69, 9.17) is 0 Å². The number of hydrogen-bond acceptors (Lipinski definition) is 2. The highest BCUT2D eigenvalue weighted by Gasteiger charge is 2.31. The number of carbonyl (C=O) groups excluding carboxylic acids is 1. The fourth-order valence-electron chi connectivity index (χ4n) is 3.03. The largest absolute Gasteiger partial charge is 0.373 e. The third-order valence-electron chi connectivity index (χ3n) is 4.47. The maximum absolute atomic E-state index is 12.6. The van der Waals surface area contributed by atoms with Gasteiger partial charge in [-0.15, -0.1) is 0 Å². The van der Waals surface area contributed by atoms with Gasteiger partial charge in [-0.2, -0.15) is 0 Å². The second-order valence-electron chi connectivity index (χ2n) is 5.73. The van der Waals surface area contributed by atoms with Gasteiger partial charge >= 0.3 is 0 Å². The molecule has 2 aliphatic rings. The van der Waals surface area contributed by atoms with Crippen LogP contribution in [-0.4, -0.2) is 29.9 Å². The Balaban J connectivity index is 1.64. The van der Waals surface area contributed by atoms with E-state index in [9.17, 15) is 4.79 Å². The lowest BCUT2D eigenvalue weighted by atomic mass is 9.85. The van der Waals surface area contributed by atoms with Gasteiger partial charge in [-0.05, 0) is 37.3 Å². The van der Waals surface area contributed by atoms with Gasteiger partial charge in [0.1, 0.15) is 6.04 Å². The number of likely N-dealkylation sites (N-methyl/N-ethyl adjacent to an activating group) is 1. The van der Waals surface area contributed by atoms with Crippen LogP contribution in [0, 0.1) is 5.92 Å². The molecule has 0 aromatic heterocycles. The molecule has 1 unspecified atom stereocenters. The SMILES string of the molecule is CCN(CC1CCC1)C(=O)C1Cc2ccccc2N1. The molecule has 0 spiro atoms. The summed E-state index contributed by atoms with van der Waals surface area (Å²) in [5, 5.41) is 3.37. The van der Waals surface area contributed by atoms with Crippen molar-refractivity contribution in [3.05, 3.63) is 29.8 Å². The zero-order chi connectivity index (χ0) is 13.2. The van der Waals surface area contributed by atoms with E-state index in [2.05, 4.69) is 24.4 Å². The highest BCUT2D eigenvalue weighted by molar-refractivity contribution is 5.87. The standard InChI is InChI=1S/C16H22N2O/c1-2-18(11-12-6-5-7-12)16(19)15-10-13-8-3-4-9-14(13)17-15/h3-4,8-9,12,15,17H,2,5-7,10-11H2,1H3. The molecule has 3 nitrogen and oxygen atoms in total. The van der Waals surface area contributed by atoms with Crippen LogP contribution >= 0.6 is 0 Å². The van der Waals surface area contributed by atoms with E-state index in [1.165, 1.54) is 24.8 Å². The molecule has 1 saturated carbocycles. The molecule has 19 heavy (non-hydrogen) atoms. The van der Waals surface area contributed by atoms with Gasteiger partial charge in [0, 0.05) is 25.2 Å². The van der Waals surface area contributed by atoms with Crippen LogP contribution in [0.3, 0.4) is 0 Å². The molecule has 1 amide bonds. The number of benzene rings is 1. The van der Waals surface area contributed by atoms with Crippen LogP contribution in [0.5, 0.6) is 0 Å².